The van der Waals surface area contributed by atoms with Gasteiger partial charge in [-0.3, -0.25) is 9.97 Å². The maximum absolute atomic E-state index is 12.2. The number of nitrogens with zero attached hydrogens (tertiary/aromatic N) is 3. The molecular formula is C26H30N4O4. The van der Waals surface area contributed by atoms with Crippen LogP contribution in [0.5, 0.6) is 5.88 Å². The maximum atomic E-state index is 12.2. The van der Waals surface area contributed by atoms with E-state index in [9.17, 15) is 4.79 Å². The van der Waals surface area contributed by atoms with Gasteiger partial charge in [-0.15, -0.1) is 0 Å². The zero-order valence-corrected chi connectivity index (χ0v) is 20.0. The Kier molecular flexibility index (Phi) is 5.73. The van der Waals surface area contributed by atoms with Crippen LogP contribution in [-0.2, 0) is 21.4 Å². The van der Waals surface area contributed by atoms with Gasteiger partial charge in [0, 0.05) is 48.8 Å². The summed E-state index contributed by atoms with van der Waals surface area (Å²) in [5, 5.41) is 1.78. The van der Waals surface area contributed by atoms with Crippen LogP contribution in [0.1, 0.15) is 72.5 Å². The molecule has 8 heteroatoms. The van der Waals surface area contributed by atoms with Crippen LogP contribution < -0.4 is 10.5 Å². The average Bonchev–Trinajstić information content (AvgIpc) is 3.61. The number of hydrogen-bond donors (Lipinski definition) is 1. The molecule has 1 aliphatic heterocycles. The molecule has 1 saturated carbocycles. The number of methoxy groups -OCH3 is 1. The Balaban J connectivity index is 1.54. The summed E-state index contributed by atoms with van der Waals surface area (Å²) >= 11 is 0. The number of nitrogens with two attached hydrogens (primary N) is 1. The summed E-state index contributed by atoms with van der Waals surface area (Å²) in [6.07, 6.45) is 6.22. The predicted molar refractivity (Wildman–Crippen MR) is 127 cm³/mol. The fourth-order valence-electron chi connectivity index (χ4n) is 4.40. The van der Waals surface area contributed by atoms with Gasteiger partial charge in [0.25, 0.3) is 0 Å². The lowest BCUT2D eigenvalue weighted by Gasteiger charge is -2.27. The number of esters is 1. The summed E-state index contributed by atoms with van der Waals surface area (Å²) in [6, 6.07) is 5.70. The summed E-state index contributed by atoms with van der Waals surface area (Å²) in [5.41, 5.74) is 9.77. The van der Waals surface area contributed by atoms with Crippen molar-refractivity contribution in [1.82, 2.24) is 15.0 Å². The fourth-order valence-corrected chi connectivity index (χ4v) is 4.40. The summed E-state index contributed by atoms with van der Waals surface area (Å²) in [4.78, 5) is 26.3. The van der Waals surface area contributed by atoms with Gasteiger partial charge in [-0.1, -0.05) is 6.92 Å². The second-order valence-corrected chi connectivity index (χ2v) is 9.68. The molecule has 4 heterocycles. The Morgan fingerprint density at radius 2 is 1.94 bits per heavy atom. The molecule has 178 valence electrons. The molecule has 5 rings (SSSR count). The molecule has 0 saturated heterocycles. The van der Waals surface area contributed by atoms with E-state index in [1.54, 1.807) is 19.4 Å². The van der Waals surface area contributed by atoms with Crippen LogP contribution in [0.3, 0.4) is 0 Å². The molecule has 2 N–H and O–H groups in total. The highest BCUT2D eigenvalue weighted by molar-refractivity contribution is 5.92. The van der Waals surface area contributed by atoms with Gasteiger partial charge in [0.1, 0.15) is 12.2 Å². The van der Waals surface area contributed by atoms with Gasteiger partial charge in [-0.25, -0.2) is 9.78 Å². The molecule has 1 aliphatic carbocycles. The van der Waals surface area contributed by atoms with Crippen LogP contribution in [-0.4, -0.2) is 46.8 Å². The van der Waals surface area contributed by atoms with Crippen LogP contribution >= 0.6 is 0 Å². The number of cyclic esters (lactones) is 1. The first-order valence-corrected chi connectivity index (χ1v) is 11.7. The second kappa shape index (κ2) is 8.60. The summed E-state index contributed by atoms with van der Waals surface area (Å²) < 4.78 is 16.8. The third-order valence-electron chi connectivity index (χ3n) is 6.65. The van der Waals surface area contributed by atoms with Crippen molar-refractivity contribution < 1.29 is 19.0 Å². The van der Waals surface area contributed by atoms with Crippen molar-refractivity contribution in [3.8, 4) is 5.88 Å². The standard InChI is InChI=1S/C26H30N4O4/c1-14-15(2)33-25(31)19-8-5-16(30-23(14)19)9-17-10-20-21(11-28-17)24(34-18-6-7-18)29-12-22(20)26(3,27)13-32-4/h5,8,10-12,14-15,18H,6-7,9,13,27H2,1-4H3/t14-,15+,26+/m1/s1. The SMILES string of the molecule is COC[C@](C)(N)c1cnc(OC2CC2)c2cnc(Cc3ccc4c(n3)[C@H](C)[C@H](C)OC4=O)cc12. The number of carbonyl (C=O) groups excluding carboxylic acids is 1. The van der Waals surface area contributed by atoms with Gasteiger partial charge < -0.3 is 19.9 Å². The lowest BCUT2D eigenvalue weighted by atomic mass is 9.91. The van der Waals surface area contributed by atoms with Crippen LogP contribution in [0.4, 0.5) is 0 Å². The van der Waals surface area contributed by atoms with Gasteiger partial charge in [-0.2, -0.15) is 0 Å². The molecule has 1 fully saturated rings. The minimum atomic E-state index is -0.729. The Labute approximate surface area is 198 Å². The van der Waals surface area contributed by atoms with E-state index in [1.165, 1.54) is 0 Å². The van der Waals surface area contributed by atoms with Crippen molar-refractivity contribution >= 4 is 16.7 Å². The molecule has 3 aromatic rings. The van der Waals surface area contributed by atoms with Crippen molar-refractivity contribution in [2.45, 2.75) is 63.7 Å². The van der Waals surface area contributed by atoms with E-state index in [0.29, 0.717) is 24.5 Å². The number of aromatic nitrogens is 3. The molecular weight excluding hydrogens is 432 g/mol. The third-order valence-corrected chi connectivity index (χ3v) is 6.65. The number of hydrogen-bond acceptors (Lipinski definition) is 8. The normalized spacial score (nSPS) is 21.6. The highest BCUT2D eigenvalue weighted by atomic mass is 16.5. The van der Waals surface area contributed by atoms with E-state index in [-0.39, 0.29) is 24.1 Å². The molecule has 0 amide bonds. The molecule has 34 heavy (non-hydrogen) atoms. The largest absolute Gasteiger partial charge is 0.474 e. The minimum absolute atomic E-state index is 0.0315. The number of fused-ring (bicyclic) bond motifs is 2. The third kappa shape index (κ3) is 4.23. The quantitative estimate of drug-likeness (QED) is 0.530. The van der Waals surface area contributed by atoms with E-state index in [0.717, 1.165) is 46.3 Å². The number of carbonyl (C=O) groups is 1. The minimum Gasteiger partial charge on any atom is -0.474 e. The smallest absolute Gasteiger partial charge is 0.340 e. The van der Waals surface area contributed by atoms with Crippen LogP contribution in [0.15, 0.2) is 30.6 Å². The highest BCUT2D eigenvalue weighted by Crippen LogP contribution is 2.35. The van der Waals surface area contributed by atoms with Crippen molar-refractivity contribution in [1.29, 1.82) is 0 Å². The topological polar surface area (TPSA) is 109 Å². The molecule has 0 aromatic carbocycles. The van der Waals surface area contributed by atoms with E-state index < -0.39 is 5.54 Å². The monoisotopic (exact) mass is 462 g/mol. The van der Waals surface area contributed by atoms with Gasteiger partial charge in [0.2, 0.25) is 5.88 Å². The molecule has 3 atom stereocenters. The molecule has 0 unspecified atom stereocenters. The van der Waals surface area contributed by atoms with E-state index in [2.05, 4.69) is 4.98 Å². The zero-order valence-electron chi connectivity index (χ0n) is 20.0. The van der Waals surface area contributed by atoms with Crippen molar-refractivity contribution in [2.24, 2.45) is 5.73 Å². The average molecular weight is 463 g/mol. The lowest BCUT2D eigenvalue weighted by molar-refractivity contribution is 0.0234. The van der Waals surface area contributed by atoms with E-state index in [1.807, 2.05) is 39.1 Å². The molecule has 0 bridgehead atoms. The first kappa shape index (κ1) is 22.7. The van der Waals surface area contributed by atoms with Crippen LogP contribution in [0.25, 0.3) is 10.8 Å². The Hall–Kier alpha value is -3.10. The molecule has 2 aliphatic rings. The number of pyridine rings is 3. The Morgan fingerprint density at radius 1 is 1.15 bits per heavy atom. The number of rotatable bonds is 7. The Bertz CT molecular complexity index is 1260. The molecule has 3 aromatic heterocycles. The molecule has 0 radical (unpaired) electrons. The first-order chi connectivity index (χ1) is 16.3. The first-order valence-electron chi connectivity index (χ1n) is 11.7. The van der Waals surface area contributed by atoms with Crippen molar-refractivity contribution in [2.75, 3.05) is 13.7 Å². The van der Waals surface area contributed by atoms with Crippen molar-refractivity contribution in [3.05, 3.63) is 58.8 Å². The van der Waals surface area contributed by atoms with E-state index in [4.69, 9.17) is 29.9 Å². The Morgan fingerprint density at radius 3 is 2.68 bits per heavy atom. The van der Waals surface area contributed by atoms with Gasteiger partial charge >= 0.3 is 5.97 Å². The maximum Gasteiger partial charge on any atom is 0.340 e. The number of ether oxygens (including phenoxy) is 3. The molecule has 0 spiro atoms. The second-order valence-electron chi connectivity index (χ2n) is 9.68. The highest BCUT2D eigenvalue weighted by Gasteiger charge is 2.32. The van der Waals surface area contributed by atoms with E-state index >= 15 is 0 Å². The van der Waals surface area contributed by atoms with Crippen molar-refractivity contribution in [3.63, 3.8) is 0 Å². The van der Waals surface area contributed by atoms with Crippen LogP contribution in [0.2, 0.25) is 0 Å². The molecule has 8 nitrogen and oxygen atoms in total. The summed E-state index contributed by atoms with van der Waals surface area (Å²) in [7, 11) is 1.64. The lowest BCUT2D eigenvalue weighted by Crippen LogP contribution is -2.38. The predicted octanol–water partition coefficient (Wildman–Crippen LogP) is 3.64. The van der Waals surface area contributed by atoms with Gasteiger partial charge in [0.05, 0.1) is 28.8 Å². The van der Waals surface area contributed by atoms with Crippen LogP contribution in [0, 0.1) is 0 Å². The van der Waals surface area contributed by atoms with Gasteiger partial charge in [0.15, 0.2) is 0 Å². The fraction of sp³-hybridized carbons (Fsp3) is 0.462. The zero-order chi connectivity index (χ0) is 24.0. The summed E-state index contributed by atoms with van der Waals surface area (Å²) in [5.74, 6) is 0.301. The summed E-state index contributed by atoms with van der Waals surface area (Å²) in [6.45, 7) is 6.20. The van der Waals surface area contributed by atoms with Gasteiger partial charge in [-0.05, 0) is 50.3 Å².